The predicted octanol–water partition coefficient (Wildman–Crippen LogP) is 5.85. The van der Waals surface area contributed by atoms with E-state index in [2.05, 4.69) is 45.2 Å². The highest BCUT2D eigenvalue weighted by Crippen LogP contribution is 2.31. The van der Waals surface area contributed by atoms with Gasteiger partial charge in [0, 0.05) is 48.5 Å². The van der Waals surface area contributed by atoms with Crippen molar-refractivity contribution in [3.8, 4) is 68.6 Å². The molecule has 1 unspecified atom stereocenters. The fraction of sp³-hybridized carbons (Fsp3) is 0.156. The highest BCUT2D eigenvalue weighted by atomic mass is 16.5. The molecule has 316 valence electrons. The molecule has 18 heteroatoms. The molecule has 0 aliphatic rings. The molecule has 0 fully saturated rings. The number of aromatic nitrogens is 8. The van der Waals surface area contributed by atoms with Gasteiger partial charge in [-0.3, -0.25) is 4.79 Å². The zero-order chi connectivity index (χ0) is 44.2. The first-order valence-corrected chi connectivity index (χ1v) is 19.4. The molecule has 0 saturated heterocycles. The van der Waals surface area contributed by atoms with Crippen LogP contribution in [-0.4, -0.2) is 102 Å². The van der Waals surface area contributed by atoms with E-state index >= 15 is 0 Å². The fourth-order valence-corrected chi connectivity index (χ4v) is 6.38. The third-order valence-electron chi connectivity index (χ3n) is 9.72. The smallest absolute Gasteiger partial charge is 0.338 e. The van der Waals surface area contributed by atoms with Crippen molar-refractivity contribution >= 4 is 23.5 Å². The summed E-state index contributed by atoms with van der Waals surface area (Å²) in [4.78, 5) is 46.6. The quantitative estimate of drug-likeness (QED) is 0.115. The molecule has 4 aromatic heterocycles. The molecular formula is C45H40N12O6. The highest BCUT2D eigenvalue weighted by molar-refractivity contribution is 5.94. The maximum Gasteiger partial charge on any atom is 0.338 e. The number of nitrogens with zero attached hydrogens (tertiary/aromatic N) is 10. The summed E-state index contributed by atoms with van der Waals surface area (Å²) in [5.41, 5.74) is 18.9. The van der Waals surface area contributed by atoms with Crippen LogP contribution in [0.25, 0.3) is 68.6 Å². The van der Waals surface area contributed by atoms with Gasteiger partial charge < -0.3 is 39.9 Å². The van der Waals surface area contributed by atoms with E-state index in [1.54, 1.807) is 93.1 Å². The molecule has 0 aliphatic carbocycles. The Kier molecular flexibility index (Phi) is 11.7. The molecule has 0 radical (unpaired) electrons. The van der Waals surface area contributed by atoms with Gasteiger partial charge in [-0.1, -0.05) is 48.5 Å². The summed E-state index contributed by atoms with van der Waals surface area (Å²) < 4.78 is 17.3. The van der Waals surface area contributed by atoms with Crippen molar-refractivity contribution in [1.82, 2.24) is 50.1 Å². The minimum absolute atomic E-state index is 0.0443. The molecule has 4 aromatic carbocycles. The Morgan fingerprint density at radius 3 is 1.56 bits per heavy atom. The average Bonchev–Trinajstić information content (AvgIpc) is 4.00. The topological polar surface area (TPSA) is 252 Å². The number of esters is 1. The van der Waals surface area contributed by atoms with Crippen LogP contribution < -0.4 is 11.5 Å². The molecule has 0 aliphatic heterocycles. The van der Waals surface area contributed by atoms with E-state index in [0.717, 1.165) is 12.1 Å². The molecule has 18 nitrogen and oxygen atoms in total. The summed E-state index contributed by atoms with van der Waals surface area (Å²) >= 11 is 0. The molecule has 63 heavy (non-hydrogen) atoms. The second-order valence-corrected chi connectivity index (χ2v) is 14.8. The number of aliphatic hydroxyl groups is 1. The van der Waals surface area contributed by atoms with Gasteiger partial charge in [-0.25, -0.2) is 24.7 Å². The standard InChI is InChI=1S/C45H40N12O6/c1-56(2)23-25-5-7-26(8-6-25)33-21-48-38(46)36(50-33)42-54-52-40(62-42)29-13-11-28(12-14-29)35(58)24-61-45(60)32-19-15-30(16-20-32)41-53-55-43(63-41)37-39(47)49-22-34(51-37)27-9-17-31(18-10-27)44(59)57(3)4/h5-22,35,58H,23-24H2,1-4H3,(H2,46,48)(H2,47,49). The number of ether oxygens (including phenoxy) is 1. The first-order valence-electron chi connectivity index (χ1n) is 19.4. The van der Waals surface area contributed by atoms with Gasteiger partial charge in [0.25, 0.3) is 17.7 Å². The molecule has 0 spiro atoms. The fourth-order valence-electron chi connectivity index (χ4n) is 6.38. The van der Waals surface area contributed by atoms with Gasteiger partial charge in [-0.15, -0.1) is 20.4 Å². The zero-order valence-corrected chi connectivity index (χ0v) is 34.5. The van der Waals surface area contributed by atoms with E-state index in [9.17, 15) is 14.7 Å². The number of hydrogen-bond donors (Lipinski definition) is 3. The number of anilines is 2. The summed E-state index contributed by atoms with van der Waals surface area (Å²) in [5, 5.41) is 27.4. The first-order chi connectivity index (χ1) is 30.4. The summed E-state index contributed by atoms with van der Waals surface area (Å²) in [6, 6.07) is 28.0. The van der Waals surface area contributed by atoms with Crippen LogP contribution in [-0.2, 0) is 11.3 Å². The molecule has 1 atom stereocenters. The Balaban J connectivity index is 0.869. The van der Waals surface area contributed by atoms with Crippen molar-refractivity contribution in [2.75, 3.05) is 46.3 Å². The van der Waals surface area contributed by atoms with E-state index < -0.39 is 12.1 Å². The highest BCUT2D eigenvalue weighted by Gasteiger charge is 2.21. The number of nitrogens with two attached hydrogens (primary N) is 2. The summed E-state index contributed by atoms with van der Waals surface area (Å²) in [7, 11) is 7.39. The number of nitrogen functional groups attached to an aromatic ring is 2. The predicted molar refractivity (Wildman–Crippen MR) is 232 cm³/mol. The van der Waals surface area contributed by atoms with Gasteiger partial charge in [-0.2, -0.15) is 0 Å². The van der Waals surface area contributed by atoms with Crippen molar-refractivity contribution in [3.63, 3.8) is 0 Å². The Hall–Kier alpha value is -8.22. The van der Waals surface area contributed by atoms with Crippen molar-refractivity contribution in [3.05, 3.63) is 132 Å². The second kappa shape index (κ2) is 17.8. The lowest BCUT2D eigenvalue weighted by atomic mass is 10.1. The lowest BCUT2D eigenvalue weighted by Crippen LogP contribution is -2.21. The van der Waals surface area contributed by atoms with Crippen LogP contribution in [0.3, 0.4) is 0 Å². The Morgan fingerprint density at radius 1 is 0.619 bits per heavy atom. The Bertz CT molecular complexity index is 2900. The van der Waals surface area contributed by atoms with Crippen molar-refractivity contribution in [2.45, 2.75) is 12.6 Å². The first kappa shape index (κ1) is 41.5. The van der Waals surface area contributed by atoms with Gasteiger partial charge in [0.15, 0.2) is 23.0 Å². The SMILES string of the molecule is CN(C)Cc1ccc(-c2cnc(N)c(-c3nnc(-c4ccc(C(O)COC(=O)c5ccc(-c6nnc(-c7nc(-c8ccc(C(=O)N(C)C)cc8)cnc7N)o6)cc5)cc4)o3)n2)cc1. The van der Waals surface area contributed by atoms with E-state index in [1.165, 1.54) is 16.7 Å². The normalized spacial score (nSPS) is 11.7. The lowest BCUT2D eigenvalue weighted by molar-refractivity contribution is 0.0254. The number of hydrogen-bond acceptors (Lipinski definition) is 17. The van der Waals surface area contributed by atoms with Crippen LogP contribution in [0.2, 0.25) is 0 Å². The molecule has 8 aromatic rings. The van der Waals surface area contributed by atoms with Crippen molar-refractivity contribution in [1.29, 1.82) is 0 Å². The average molecular weight is 845 g/mol. The van der Waals surface area contributed by atoms with Crippen LogP contribution in [0, 0.1) is 0 Å². The number of rotatable bonds is 13. The molecule has 5 N–H and O–H groups in total. The number of aliphatic hydroxyl groups excluding tert-OH is 1. The third-order valence-corrected chi connectivity index (χ3v) is 9.72. The van der Waals surface area contributed by atoms with E-state index in [1.807, 2.05) is 38.4 Å². The van der Waals surface area contributed by atoms with Gasteiger partial charge in [0.05, 0.1) is 29.3 Å². The number of carbonyl (C=O) groups is 2. The third kappa shape index (κ3) is 9.26. The van der Waals surface area contributed by atoms with Crippen LogP contribution in [0.15, 0.2) is 118 Å². The van der Waals surface area contributed by atoms with Crippen LogP contribution >= 0.6 is 0 Å². The minimum atomic E-state index is -1.12. The maximum absolute atomic E-state index is 12.9. The molecule has 0 bridgehead atoms. The monoisotopic (exact) mass is 844 g/mol. The minimum Gasteiger partial charge on any atom is -0.459 e. The summed E-state index contributed by atoms with van der Waals surface area (Å²) in [6.45, 7) is 0.513. The molecule has 8 rings (SSSR count). The van der Waals surface area contributed by atoms with Crippen LogP contribution in [0.5, 0.6) is 0 Å². The summed E-state index contributed by atoms with van der Waals surface area (Å²) in [6.07, 6.45) is 1.99. The maximum atomic E-state index is 12.9. The Labute approximate surface area is 360 Å². The number of benzene rings is 4. The lowest BCUT2D eigenvalue weighted by Gasteiger charge is -2.12. The van der Waals surface area contributed by atoms with Gasteiger partial charge in [-0.05, 0) is 73.8 Å². The van der Waals surface area contributed by atoms with Gasteiger partial charge >= 0.3 is 5.97 Å². The number of amides is 1. The van der Waals surface area contributed by atoms with Crippen LogP contribution in [0.4, 0.5) is 11.6 Å². The molecular weight excluding hydrogens is 805 g/mol. The largest absolute Gasteiger partial charge is 0.459 e. The van der Waals surface area contributed by atoms with Crippen molar-refractivity contribution < 1.29 is 28.3 Å². The van der Waals surface area contributed by atoms with E-state index in [0.29, 0.717) is 39.2 Å². The Morgan fingerprint density at radius 2 is 1.06 bits per heavy atom. The van der Waals surface area contributed by atoms with Gasteiger partial charge in [0.2, 0.25) is 11.8 Å². The van der Waals surface area contributed by atoms with Gasteiger partial charge in [0.1, 0.15) is 12.7 Å². The molecule has 4 heterocycles. The number of carbonyl (C=O) groups excluding carboxylic acids is 2. The molecule has 1 amide bonds. The van der Waals surface area contributed by atoms with E-state index in [4.69, 9.17) is 25.0 Å². The van der Waals surface area contributed by atoms with E-state index in [-0.39, 0.29) is 64.7 Å². The summed E-state index contributed by atoms with van der Waals surface area (Å²) in [5.74, 6) is -0.0221. The molecule has 0 saturated carbocycles. The van der Waals surface area contributed by atoms with Crippen molar-refractivity contribution in [2.24, 2.45) is 0 Å². The second-order valence-electron chi connectivity index (χ2n) is 14.8. The zero-order valence-electron chi connectivity index (χ0n) is 34.5. The van der Waals surface area contributed by atoms with Crippen LogP contribution in [0.1, 0.15) is 37.9 Å².